The first-order valence-electron chi connectivity index (χ1n) is 3.37. The largest absolute Gasteiger partial charge is 0.414 e. The van der Waals surface area contributed by atoms with Gasteiger partial charge in [-0.3, -0.25) is 14.5 Å². The molecule has 78 valence electrons. The highest BCUT2D eigenvalue weighted by Gasteiger charge is 2.44. The third-order valence-corrected chi connectivity index (χ3v) is 1.85. The van der Waals surface area contributed by atoms with E-state index in [9.17, 15) is 23.3 Å². The van der Waals surface area contributed by atoms with Crippen LogP contribution in [0.25, 0.3) is 0 Å². The molecule has 0 spiro atoms. The highest BCUT2D eigenvalue weighted by molar-refractivity contribution is 6.14. The molecule has 0 aromatic carbocycles. The van der Waals surface area contributed by atoms with Gasteiger partial charge in [-0.1, -0.05) is 0 Å². The Bertz CT molecular complexity index is 313. The molecule has 0 N–H and O–H groups in total. The smallest absolute Gasteiger partial charge is 0.276 e. The van der Waals surface area contributed by atoms with Crippen LogP contribution < -0.4 is 0 Å². The molecule has 1 rings (SSSR count). The first-order chi connectivity index (χ1) is 6.32. The van der Waals surface area contributed by atoms with Crippen molar-refractivity contribution in [2.45, 2.75) is 12.2 Å². The van der Waals surface area contributed by atoms with Gasteiger partial charge in [0.1, 0.15) is 0 Å². The summed E-state index contributed by atoms with van der Waals surface area (Å²) < 4.78 is 36.9. The summed E-state index contributed by atoms with van der Waals surface area (Å²) in [6.07, 6.45) is -2.48. The summed E-state index contributed by atoms with van der Waals surface area (Å²) in [4.78, 5) is 9.29. The van der Waals surface area contributed by atoms with E-state index in [1.54, 1.807) is 0 Å². The van der Waals surface area contributed by atoms with Crippen LogP contribution in [-0.4, -0.2) is 21.6 Å². The van der Waals surface area contributed by atoms with Crippen LogP contribution in [0.2, 0.25) is 0 Å². The second-order valence-corrected chi connectivity index (χ2v) is 2.89. The van der Waals surface area contributed by atoms with Gasteiger partial charge in [0.2, 0.25) is 0 Å². The summed E-state index contributed by atoms with van der Waals surface area (Å²) in [6, 6.07) is -2.16. The van der Waals surface area contributed by atoms with Crippen LogP contribution in [0.15, 0.2) is 24.0 Å². The van der Waals surface area contributed by atoms with Gasteiger partial charge in [0.25, 0.3) is 5.70 Å². The zero-order chi connectivity index (χ0) is 10.9. The molecule has 0 aromatic heterocycles. The minimum atomic E-state index is -4.63. The van der Waals surface area contributed by atoms with E-state index in [1.807, 2.05) is 0 Å². The number of rotatable bonds is 1. The van der Waals surface area contributed by atoms with Crippen LogP contribution in [-0.2, 0) is 0 Å². The van der Waals surface area contributed by atoms with E-state index in [1.165, 1.54) is 0 Å². The van der Waals surface area contributed by atoms with Crippen LogP contribution in [0, 0.1) is 10.1 Å². The molecule has 0 saturated heterocycles. The van der Waals surface area contributed by atoms with E-state index in [-0.39, 0.29) is 0 Å². The van der Waals surface area contributed by atoms with Gasteiger partial charge < -0.3 is 0 Å². The van der Waals surface area contributed by atoms with Crippen molar-refractivity contribution in [2.24, 2.45) is 0 Å². The fraction of sp³-hybridized carbons (Fsp3) is 0.333. The van der Waals surface area contributed by atoms with E-state index in [2.05, 4.69) is 0 Å². The summed E-state index contributed by atoms with van der Waals surface area (Å²) in [5.74, 6) is 0. The van der Waals surface area contributed by atoms with Crippen molar-refractivity contribution in [1.29, 1.82) is 0 Å². The Morgan fingerprint density at radius 1 is 1.57 bits per heavy atom. The summed E-state index contributed by atoms with van der Waals surface area (Å²) in [6.45, 7) is 0. The van der Waals surface area contributed by atoms with Crippen LogP contribution in [0.1, 0.15) is 0 Å². The first-order valence-corrected chi connectivity index (χ1v) is 3.71. The molecule has 1 unspecified atom stereocenters. The van der Waals surface area contributed by atoms with Crippen molar-refractivity contribution in [3.8, 4) is 0 Å². The molecule has 0 amide bonds. The molecule has 4 nitrogen and oxygen atoms in total. The fourth-order valence-corrected chi connectivity index (χ4v) is 1.11. The molecule has 0 aromatic rings. The Morgan fingerprint density at radius 2 is 2.14 bits per heavy atom. The number of allylic oxidation sites excluding steroid dienone is 1. The Kier molecular flexibility index (Phi) is 2.70. The Balaban J connectivity index is 2.97. The maximum Gasteiger partial charge on any atom is 0.414 e. The van der Waals surface area contributed by atoms with E-state index in [4.69, 9.17) is 11.8 Å². The van der Waals surface area contributed by atoms with E-state index in [0.29, 0.717) is 10.5 Å². The predicted octanol–water partition coefficient (Wildman–Crippen LogP) is 2.06. The summed E-state index contributed by atoms with van der Waals surface area (Å²) in [5, 5.41) is 10.2. The summed E-state index contributed by atoms with van der Waals surface area (Å²) >= 11 is 5.20. The molecule has 1 heterocycles. The SMILES string of the molecule is O=[N+]([O-])C1=CC(C(F)(F)F)N(Cl)C=C1. The Hall–Kier alpha value is -1.24. The van der Waals surface area contributed by atoms with Crippen LogP contribution in [0.4, 0.5) is 13.2 Å². The standard InChI is InChI=1S/C6H4ClF3N2O2/c7-11-2-1-4(12(13)14)3-5(11)6(8,9)10/h1-3,5H. The fourth-order valence-electron chi connectivity index (χ4n) is 0.885. The quantitative estimate of drug-likeness (QED) is 0.392. The average molecular weight is 229 g/mol. The predicted molar refractivity (Wildman–Crippen MR) is 41.8 cm³/mol. The highest BCUT2D eigenvalue weighted by Crippen LogP contribution is 2.30. The van der Waals surface area contributed by atoms with Gasteiger partial charge >= 0.3 is 6.18 Å². The minimum Gasteiger partial charge on any atom is -0.276 e. The number of nitrogens with zero attached hydrogens (tertiary/aromatic N) is 2. The first kappa shape index (κ1) is 10.8. The van der Waals surface area contributed by atoms with Crippen molar-refractivity contribution < 1.29 is 18.1 Å². The Labute approximate surface area is 81.5 Å². The molecule has 1 atom stereocenters. The zero-order valence-corrected chi connectivity index (χ0v) is 7.29. The van der Waals surface area contributed by atoms with Crippen molar-refractivity contribution in [1.82, 2.24) is 4.42 Å². The number of hydrogen-bond acceptors (Lipinski definition) is 3. The monoisotopic (exact) mass is 228 g/mol. The lowest BCUT2D eigenvalue weighted by Crippen LogP contribution is -2.38. The van der Waals surface area contributed by atoms with Gasteiger partial charge in [-0.15, -0.1) is 0 Å². The van der Waals surface area contributed by atoms with Crippen molar-refractivity contribution in [2.75, 3.05) is 0 Å². The third kappa shape index (κ3) is 2.16. The van der Waals surface area contributed by atoms with Gasteiger partial charge in [0.15, 0.2) is 6.04 Å². The van der Waals surface area contributed by atoms with E-state index in [0.717, 1.165) is 12.3 Å². The van der Waals surface area contributed by atoms with Crippen LogP contribution >= 0.6 is 11.8 Å². The van der Waals surface area contributed by atoms with Crippen molar-refractivity contribution in [3.63, 3.8) is 0 Å². The van der Waals surface area contributed by atoms with Crippen LogP contribution in [0.3, 0.4) is 0 Å². The summed E-state index contributed by atoms with van der Waals surface area (Å²) in [5.41, 5.74) is -0.621. The maximum atomic E-state index is 12.2. The second-order valence-electron chi connectivity index (χ2n) is 2.50. The number of hydrogen-bond donors (Lipinski definition) is 0. The van der Waals surface area contributed by atoms with Crippen molar-refractivity contribution >= 4 is 11.8 Å². The summed E-state index contributed by atoms with van der Waals surface area (Å²) in [7, 11) is 0. The molecule has 0 saturated carbocycles. The van der Waals surface area contributed by atoms with Gasteiger partial charge in [-0.2, -0.15) is 13.2 Å². The normalized spacial score (nSPS) is 22.1. The van der Waals surface area contributed by atoms with Gasteiger partial charge in [-0.05, 0) is 0 Å². The lowest BCUT2D eigenvalue weighted by molar-refractivity contribution is -0.420. The topological polar surface area (TPSA) is 46.4 Å². The molecule has 0 fully saturated rings. The number of alkyl halides is 3. The van der Waals surface area contributed by atoms with Crippen LogP contribution in [0.5, 0.6) is 0 Å². The Morgan fingerprint density at radius 3 is 2.57 bits per heavy atom. The molecular weight excluding hydrogens is 225 g/mol. The molecule has 1 aliphatic rings. The molecule has 0 bridgehead atoms. The second kappa shape index (κ2) is 3.49. The highest BCUT2D eigenvalue weighted by atomic mass is 35.5. The van der Waals surface area contributed by atoms with Gasteiger partial charge in [0.05, 0.1) is 4.92 Å². The minimum absolute atomic E-state index is 0.340. The van der Waals surface area contributed by atoms with Crippen molar-refractivity contribution in [3.05, 3.63) is 34.2 Å². The molecule has 0 radical (unpaired) electrons. The van der Waals surface area contributed by atoms with Gasteiger partial charge in [0, 0.05) is 30.1 Å². The van der Waals surface area contributed by atoms with E-state index >= 15 is 0 Å². The molecule has 0 aliphatic carbocycles. The molecule has 1 aliphatic heterocycles. The maximum absolute atomic E-state index is 12.2. The van der Waals surface area contributed by atoms with E-state index < -0.39 is 22.8 Å². The lowest BCUT2D eigenvalue weighted by Gasteiger charge is -2.24. The molecular formula is C6H4ClF3N2O2. The third-order valence-electron chi connectivity index (χ3n) is 1.53. The number of halogens is 4. The average Bonchev–Trinajstić information content (AvgIpc) is 2.02. The molecule has 14 heavy (non-hydrogen) atoms. The molecule has 8 heteroatoms. The van der Waals surface area contributed by atoms with Gasteiger partial charge in [-0.25, -0.2) is 0 Å². The lowest BCUT2D eigenvalue weighted by atomic mass is 10.2. The number of nitro groups is 1. The zero-order valence-electron chi connectivity index (χ0n) is 6.53.